The number of benzene rings is 2. The summed E-state index contributed by atoms with van der Waals surface area (Å²) in [5.74, 6) is -1.73. The van der Waals surface area contributed by atoms with Crippen LogP contribution in [0.3, 0.4) is 0 Å². The number of nitrogens with zero attached hydrogens (tertiary/aromatic N) is 1. The third-order valence-electron chi connectivity index (χ3n) is 2.82. The van der Waals surface area contributed by atoms with Crippen LogP contribution in [0.2, 0.25) is 0 Å². The molecule has 0 fully saturated rings. The van der Waals surface area contributed by atoms with E-state index in [-0.39, 0.29) is 16.0 Å². The van der Waals surface area contributed by atoms with E-state index in [4.69, 9.17) is 12.2 Å². The SMILES string of the molecule is Fc1ccc(F)c(-n2c(=S)[nH]c3c(F)cccc32)c1. The van der Waals surface area contributed by atoms with E-state index < -0.39 is 17.5 Å². The lowest BCUT2D eigenvalue weighted by Crippen LogP contribution is -1.98. The Bertz CT molecular complexity index is 836. The van der Waals surface area contributed by atoms with E-state index in [2.05, 4.69) is 4.98 Å². The number of hydrogen-bond donors (Lipinski definition) is 1. The predicted molar refractivity (Wildman–Crippen MR) is 68.3 cm³/mol. The molecule has 2 aromatic carbocycles. The fourth-order valence-corrected chi connectivity index (χ4v) is 2.29. The van der Waals surface area contributed by atoms with Gasteiger partial charge in [0.05, 0.1) is 11.2 Å². The van der Waals surface area contributed by atoms with Crippen molar-refractivity contribution in [2.24, 2.45) is 0 Å². The van der Waals surface area contributed by atoms with Gasteiger partial charge < -0.3 is 4.98 Å². The number of H-pyrrole nitrogens is 1. The molecule has 1 heterocycles. The average molecular weight is 280 g/mol. The highest BCUT2D eigenvalue weighted by Crippen LogP contribution is 2.23. The van der Waals surface area contributed by atoms with Gasteiger partial charge >= 0.3 is 0 Å². The van der Waals surface area contributed by atoms with Crippen LogP contribution in [0.4, 0.5) is 13.2 Å². The molecule has 0 aliphatic rings. The molecule has 0 saturated heterocycles. The second-order valence-electron chi connectivity index (χ2n) is 4.00. The number of nitrogens with one attached hydrogen (secondary N) is 1. The zero-order valence-corrected chi connectivity index (χ0v) is 10.3. The summed E-state index contributed by atoms with van der Waals surface area (Å²) in [6.07, 6.45) is 0. The van der Waals surface area contributed by atoms with Crippen LogP contribution in [0.15, 0.2) is 36.4 Å². The minimum atomic E-state index is -0.636. The minimum Gasteiger partial charge on any atom is -0.328 e. The second-order valence-corrected chi connectivity index (χ2v) is 4.38. The van der Waals surface area contributed by atoms with Gasteiger partial charge in [-0.2, -0.15) is 0 Å². The van der Waals surface area contributed by atoms with Gasteiger partial charge in [-0.3, -0.25) is 4.57 Å². The zero-order valence-electron chi connectivity index (χ0n) is 9.45. The summed E-state index contributed by atoms with van der Waals surface area (Å²) in [5.41, 5.74) is 0.465. The van der Waals surface area contributed by atoms with Crippen LogP contribution in [-0.2, 0) is 0 Å². The van der Waals surface area contributed by atoms with Crippen LogP contribution < -0.4 is 0 Å². The number of fused-ring (bicyclic) bond motifs is 1. The Morgan fingerprint density at radius 1 is 1.00 bits per heavy atom. The number of halogens is 3. The fourth-order valence-electron chi connectivity index (χ4n) is 1.99. The van der Waals surface area contributed by atoms with Crippen LogP contribution in [0.1, 0.15) is 0 Å². The van der Waals surface area contributed by atoms with E-state index in [1.54, 1.807) is 6.07 Å². The molecule has 19 heavy (non-hydrogen) atoms. The lowest BCUT2D eigenvalue weighted by atomic mass is 10.2. The highest BCUT2D eigenvalue weighted by Gasteiger charge is 2.13. The predicted octanol–water partition coefficient (Wildman–Crippen LogP) is 4.11. The molecule has 0 aliphatic heterocycles. The maximum absolute atomic E-state index is 13.8. The Balaban J connectivity index is 2.43. The number of aromatic amines is 1. The van der Waals surface area contributed by atoms with Crippen molar-refractivity contribution in [1.29, 1.82) is 0 Å². The number of aromatic nitrogens is 2. The van der Waals surface area contributed by atoms with Gasteiger partial charge in [-0.05, 0) is 36.5 Å². The van der Waals surface area contributed by atoms with Crippen molar-refractivity contribution in [2.45, 2.75) is 0 Å². The molecular formula is C13H7F3N2S. The Kier molecular flexibility index (Phi) is 2.67. The first-order valence-electron chi connectivity index (χ1n) is 5.42. The van der Waals surface area contributed by atoms with Gasteiger partial charge in [-0.1, -0.05) is 6.07 Å². The highest BCUT2D eigenvalue weighted by atomic mass is 32.1. The van der Waals surface area contributed by atoms with Crippen LogP contribution in [-0.4, -0.2) is 9.55 Å². The molecule has 0 aliphatic carbocycles. The first-order valence-corrected chi connectivity index (χ1v) is 5.83. The second kappa shape index (κ2) is 4.24. The molecule has 1 aromatic heterocycles. The van der Waals surface area contributed by atoms with Gasteiger partial charge in [-0.15, -0.1) is 0 Å². The van der Waals surface area contributed by atoms with E-state index in [9.17, 15) is 13.2 Å². The van der Waals surface area contributed by atoms with Crippen molar-refractivity contribution in [3.63, 3.8) is 0 Å². The normalized spacial score (nSPS) is 11.1. The van der Waals surface area contributed by atoms with E-state index in [1.165, 1.54) is 16.7 Å². The minimum absolute atomic E-state index is 0.0538. The molecule has 0 amide bonds. The van der Waals surface area contributed by atoms with E-state index in [0.29, 0.717) is 5.52 Å². The molecular weight excluding hydrogens is 273 g/mol. The van der Waals surface area contributed by atoms with Crippen LogP contribution >= 0.6 is 12.2 Å². The fraction of sp³-hybridized carbons (Fsp3) is 0. The van der Waals surface area contributed by atoms with Gasteiger partial charge in [-0.25, -0.2) is 13.2 Å². The van der Waals surface area contributed by atoms with Crippen LogP contribution in [0.5, 0.6) is 0 Å². The van der Waals surface area contributed by atoms with Gasteiger partial charge in [0, 0.05) is 6.07 Å². The lowest BCUT2D eigenvalue weighted by Gasteiger charge is -2.06. The summed E-state index contributed by atoms with van der Waals surface area (Å²) in [7, 11) is 0. The summed E-state index contributed by atoms with van der Waals surface area (Å²) in [4.78, 5) is 2.65. The Morgan fingerprint density at radius 2 is 1.79 bits per heavy atom. The van der Waals surface area contributed by atoms with Crippen molar-refractivity contribution >= 4 is 23.3 Å². The van der Waals surface area contributed by atoms with Crippen molar-refractivity contribution < 1.29 is 13.2 Å². The Hall–Kier alpha value is -2.08. The molecule has 3 rings (SSSR count). The van der Waals surface area contributed by atoms with Gasteiger partial charge in [0.2, 0.25) is 0 Å². The van der Waals surface area contributed by atoms with Crippen molar-refractivity contribution in [3.05, 3.63) is 58.6 Å². The average Bonchev–Trinajstić information content (AvgIpc) is 2.70. The zero-order chi connectivity index (χ0) is 13.6. The first kappa shape index (κ1) is 12.0. The van der Waals surface area contributed by atoms with E-state index in [1.807, 2.05) is 0 Å². The molecule has 96 valence electrons. The van der Waals surface area contributed by atoms with Crippen molar-refractivity contribution in [3.8, 4) is 5.69 Å². The number of para-hydroxylation sites is 1. The Morgan fingerprint density at radius 3 is 2.58 bits per heavy atom. The number of rotatable bonds is 1. The van der Waals surface area contributed by atoms with Gasteiger partial charge in [0.1, 0.15) is 23.0 Å². The molecule has 3 aromatic rings. The first-order chi connectivity index (χ1) is 9.08. The molecule has 0 atom stereocenters. The number of hydrogen-bond acceptors (Lipinski definition) is 1. The molecule has 1 N–H and O–H groups in total. The highest BCUT2D eigenvalue weighted by molar-refractivity contribution is 7.71. The summed E-state index contributed by atoms with van der Waals surface area (Å²) in [5, 5.41) is 0. The Labute approximate surface area is 111 Å². The molecule has 0 radical (unpaired) electrons. The van der Waals surface area contributed by atoms with E-state index >= 15 is 0 Å². The van der Waals surface area contributed by atoms with Crippen molar-refractivity contribution in [1.82, 2.24) is 9.55 Å². The maximum Gasteiger partial charge on any atom is 0.182 e. The largest absolute Gasteiger partial charge is 0.328 e. The maximum atomic E-state index is 13.8. The lowest BCUT2D eigenvalue weighted by molar-refractivity contribution is 0.593. The topological polar surface area (TPSA) is 20.7 Å². The van der Waals surface area contributed by atoms with E-state index in [0.717, 1.165) is 18.2 Å². The van der Waals surface area contributed by atoms with Gasteiger partial charge in [0.15, 0.2) is 4.77 Å². The third kappa shape index (κ3) is 1.84. The van der Waals surface area contributed by atoms with Gasteiger partial charge in [0.25, 0.3) is 0 Å². The smallest absolute Gasteiger partial charge is 0.182 e. The monoisotopic (exact) mass is 280 g/mol. The summed E-state index contributed by atoms with van der Waals surface area (Å²) in [6, 6.07) is 7.36. The van der Waals surface area contributed by atoms with Crippen LogP contribution in [0.25, 0.3) is 16.7 Å². The summed E-state index contributed by atoms with van der Waals surface area (Å²) in [6.45, 7) is 0. The quantitative estimate of drug-likeness (QED) is 0.665. The molecule has 2 nitrogen and oxygen atoms in total. The summed E-state index contributed by atoms with van der Waals surface area (Å²) >= 11 is 5.05. The van der Waals surface area contributed by atoms with Crippen LogP contribution in [0, 0.1) is 22.2 Å². The standard InChI is InChI=1S/C13H7F3N2S/c14-7-4-5-8(15)11(6-7)18-10-3-1-2-9(16)12(10)17-13(18)19/h1-6H,(H,17,19). The molecule has 0 spiro atoms. The number of imidazole rings is 1. The summed E-state index contributed by atoms with van der Waals surface area (Å²) < 4.78 is 42.0. The molecule has 0 saturated carbocycles. The third-order valence-corrected chi connectivity index (χ3v) is 3.10. The molecule has 0 unspecified atom stereocenters. The molecule has 6 heteroatoms. The van der Waals surface area contributed by atoms with Crippen molar-refractivity contribution in [2.75, 3.05) is 0 Å². The molecule has 0 bridgehead atoms.